The Balaban J connectivity index is 1.60. The Hall–Kier alpha value is -3.45. The van der Waals surface area contributed by atoms with Gasteiger partial charge in [-0.05, 0) is 47.7 Å². The number of ketones is 1. The van der Waals surface area contributed by atoms with Crippen molar-refractivity contribution in [3.8, 4) is 0 Å². The Bertz CT molecular complexity index is 1310. The molecule has 1 amide bonds. The van der Waals surface area contributed by atoms with Crippen LogP contribution in [0.5, 0.6) is 0 Å². The Labute approximate surface area is 195 Å². The minimum Gasteiger partial charge on any atom is -0.343 e. The molecule has 3 aromatic rings. The zero-order valence-electron chi connectivity index (χ0n) is 18.2. The molecule has 8 heteroatoms. The summed E-state index contributed by atoms with van der Waals surface area (Å²) in [5, 5.41) is 11.1. The molecule has 0 unspecified atom stereocenters. The maximum atomic E-state index is 13.3. The number of aromatic nitrogens is 2. The Morgan fingerprint density at radius 3 is 2.64 bits per heavy atom. The molecule has 0 radical (unpaired) electrons. The van der Waals surface area contributed by atoms with Crippen LogP contribution >= 0.6 is 11.6 Å². The van der Waals surface area contributed by atoms with Crippen molar-refractivity contribution in [1.29, 1.82) is 0 Å². The van der Waals surface area contributed by atoms with Crippen LogP contribution in [0.3, 0.4) is 0 Å². The number of allylic oxidation sites excluding steroid dienone is 2. The van der Waals surface area contributed by atoms with Crippen molar-refractivity contribution < 1.29 is 14.0 Å². The van der Waals surface area contributed by atoms with E-state index in [1.807, 2.05) is 18.2 Å². The van der Waals surface area contributed by atoms with E-state index in [2.05, 4.69) is 29.6 Å². The van der Waals surface area contributed by atoms with Crippen molar-refractivity contribution in [1.82, 2.24) is 9.78 Å². The molecule has 2 aliphatic rings. The Morgan fingerprint density at radius 2 is 1.91 bits per heavy atom. The third-order valence-corrected chi connectivity index (χ3v) is 6.39. The molecule has 0 bridgehead atoms. The zero-order chi connectivity index (χ0) is 23.3. The maximum Gasteiger partial charge on any atom is 0.261 e. The number of carbonyl (C=O) groups is 2. The molecule has 2 N–H and O–H groups in total. The highest BCUT2D eigenvalue weighted by Gasteiger charge is 2.42. The molecule has 6 nitrogen and oxygen atoms in total. The van der Waals surface area contributed by atoms with Crippen LogP contribution in [0.1, 0.15) is 48.7 Å². The van der Waals surface area contributed by atoms with Crippen LogP contribution in [0, 0.1) is 11.2 Å². The van der Waals surface area contributed by atoms with Gasteiger partial charge in [0.25, 0.3) is 5.91 Å². The van der Waals surface area contributed by atoms with Crippen molar-refractivity contribution in [2.24, 2.45) is 5.41 Å². The molecular formula is C25H22ClFN4O2. The van der Waals surface area contributed by atoms with Crippen LogP contribution in [0.25, 0.3) is 0 Å². The van der Waals surface area contributed by atoms with E-state index in [1.54, 1.807) is 10.7 Å². The standard InChI is InChI=1S/C25H22ClFN4O2/c1-25(2)11-19-21(20(32)12-25)22(16-5-3-4-6-18(16)26)31-23(30-19)17(13-28-31)24(33)29-15-9-7-14(27)8-10-15/h3-10,13,22,30H,11-12H2,1-2H3,(H,29,33)/t22-/m1/s1. The average Bonchev–Trinajstić information content (AvgIpc) is 3.17. The molecule has 1 aliphatic heterocycles. The lowest BCUT2D eigenvalue weighted by atomic mass is 9.73. The lowest BCUT2D eigenvalue weighted by molar-refractivity contribution is -0.118. The molecule has 1 aliphatic carbocycles. The van der Waals surface area contributed by atoms with Gasteiger partial charge in [0.1, 0.15) is 23.2 Å². The normalized spacial score (nSPS) is 18.9. The van der Waals surface area contributed by atoms with Crippen LogP contribution in [0.15, 0.2) is 66.0 Å². The zero-order valence-corrected chi connectivity index (χ0v) is 18.9. The average molecular weight is 465 g/mol. The number of hydrogen-bond donors (Lipinski definition) is 2. The van der Waals surface area contributed by atoms with E-state index in [9.17, 15) is 14.0 Å². The van der Waals surface area contributed by atoms with Gasteiger partial charge in [-0.15, -0.1) is 0 Å². The summed E-state index contributed by atoms with van der Waals surface area (Å²) in [5.74, 6) is -0.246. The van der Waals surface area contributed by atoms with Crippen LogP contribution < -0.4 is 10.6 Å². The predicted molar refractivity (Wildman–Crippen MR) is 125 cm³/mol. The van der Waals surface area contributed by atoms with Gasteiger partial charge in [0, 0.05) is 28.4 Å². The van der Waals surface area contributed by atoms with Gasteiger partial charge < -0.3 is 10.6 Å². The third-order valence-electron chi connectivity index (χ3n) is 6.05. The van der Waals surface area contributed by atoms with Gasteiger partial charge in [-0.3, -0.25) is 9.59 Å². The topological polar surface area (TPSA) is 76.0 Å². The summed E-state index contributed by atoms with van der Waals surface area (Å²) >= 11 is 6.54. The maximum absolute atomic E-state index is 13.3. The van der Waals surface area contributed by atoms with Crippen molar-refractivity contribution in [2.45, 2.75) is 32.7 Å². The molecule has 2 heterocycles. The van der Waals surface area contributed by atoms with Gasteiger partial charge in [-0.25, -0.2) is 9.07 Å². The molecule has 0 spiro atoms. The number of fused-ring (bicyclic) bond motifs is 1. The Morgan fingerprint density at radius 1 is 1.18 bits per heavy atom. The highest BCUT2D eigenvalue weighted by Crippen LogP contribution is 2.47. The second-order valence-corrected chi connectivity index (χ2v) is 9.60. The van der Waals surface area contributed by atoms with E-state index < -0.39 is 11.9 Å². The summed E-state index contributed by atoms with van der Waals surface area (Å²) in [7, 11) is 0. The number of carbonyl (C=O) groups excluding carboxylic acids is 2. The molecule has 0 saturated carbocycles. The summed E-state index contributed by atoms with van der Waals surface area (Å²) in [6.07, 6.45) is 2.54. The smallest absolute Gasteiger partial charge is 0.261 e. The van der Waals surface area contributed by atoms with Gasteiger partial charge in [0.05, 0.1) is 6.20 Å². The minimum absolute atomic E-state index is 0.0390. The van der Waals surface area contributed by atoms with E-state index >= 15 is 0 Å². The SMILES string of the molecule is CC1(C)CC(=O)C2=C(C1)Nc1c(C(=O)Nc3ccc(F)cc3)cnn1[C@@H]2c1ccccc1Cl. The Kier molecular flexibility index (Phi) is 5.09. The van der Waals surface area contributed by atoms with Crippen LogP contribution in [-0.2, 0) is 4.79 Å². The summed E-state index contributed by atoms with van der Waals surface area (Å²) in [6, 6.07) is 12.4. The fourth-order valence-corrected chi connectivity index (χ4v) is 4.83. The second kappa shape index (κ2) is 7.85. The van der Waals surface area contributed by atoms with Gasteiger partial charge in [0.2, 0.25) is 0 Å². The van der Waals surface area contributed by atoms with Gasteiger partial charge in [0.15, 0.2) is 5.78 Å². The highest BCUT2D eigenvalue weighted by atomic mass is 35.5. The number of Topliss-reactive ketones (excluding diaryl/α,β-unsaturated/α-hetero) is 1. The van der Waals surface area contributed by atoms with E-state index in [4.69, 9.17) is 11.6 Å². The fraction of sp³-hybridized carbons (Fsp3) is 0.240. The van der Waals surface area contributed by atoms with E-state index in [1.165, 1.54) is 30.5 Å². The third kappa shape index (κ3) is 3.82. The van der Waals surface area contributed by atoms with Crippen LogP contribution in [0.2, 0.25) is 5.02 Å². The fourth-order valence-electron chi connectivity index (χ4n) is 4.59. The van der Waals surface area contributed by atoms with E-state index in [0.717, 1.165) is 11.3 Å². The monoisotopic (exact) mass is 464 g/mol. The van der Waals surface area contributed by atoms with Crippen molar-refractivity contribution in [3.63, 3.8) is 0 Å². The lowest BCUT2D eigenvalue weighted by Gasteiger charge is -2.39. The molecular weight excluding hydrogens is 443 g/mol. The first kappa shape index (κ1) is 21.4. The predicted octanol–water partition coefficient (Wildman–Crippen LogP) is 5.59. The quantitative estimate of drug-likeness (QED) is 0.530. The number of nitrogens with one attached hydrogen (secondary N) is 2. The summed E-state index contributed by atoms with van der Waals surface area (Å²) in [5.41, 5.74) is 2.73. The first-order valence-electron chi connectivity index (χ1n) is 10.7. The molecule has 1 atom stereocenters. The van der Waals surface area contributed by atoms with Crippen LogP contribution in [0.4, 0.5) is 15.9 Å². The molecule has 1 aromatic heterocycles. The van der Waals surface area contributed by atoms with E-state index in [-0.39, 0.29) is 17.0 Å². The molecule has 5 rings (SSSR count). The lowest BCUT2D eigenvalue weighted by Crippen LogP contribution is -2.37. The second-order valence-electron chi connectivity index (χ2n) is 9.19. The number of rotatable bonds is 3. The molecule has 2 aromatic carbocycles. The van der Waals surface area contributed by atoms with Gasteiger partial charge >= 0.3 is 0 Å². The minimum atomic E-state index is -0.541. The number of benzene rings is 2. The number of amides is 1. The summed E-state index contributed by atoms with van der Waals surface area (Å²) in [6.45, 7) is 4.10. The first-order valence-corrected chi connectivity index (χ1v) is 11.0. The number of anilines is 2. The van der Waals surface area contributed by atoms with E-state index in [0.29, 0.717) is 40.5 Å². The van der Waals surface area contributed by atoms with Crippen molar-refractivity contribution in [3.05, 3.63) is 88.0 Å². The highest BCUT2D eigenvalue weighted by molar-refractivity contribution is 6.31. The van der Waals surface area contributed by atoms with Crippen molar-refractivity contribution in [2.75, 3.05) is 10.6 Å². The number of halogens is 2. The van der Waals surface area contributed by atoms with Gasteiger partial charge in [-0.1, -0.05) is 43.6 Å². The largest absolute Gasteiger partial charge is 0.343 e. The number of nitrogens with zero attached hydrogens (tertiary/aromatic N) is 2. The number of hydrogen-bond acceptors (Lipinski definition) is 4. The molecule has 0 fully saturated rings. The first-order chi connectivity index (χ1) is 15.7. The molecule has 33 heavy (non-hydrogen) atoms. The van der Waals surface area contributed by atoms with Crippen molar-refractivity contribution >= 4 is 34.8 Å². The molecule has 168 valence electrons. The molecule has 0 saturated heterocycles. The summed E-state index contributed by atoms with van der Waals surface area (Å²) in [4.78, 5) is 26.4. The van der Waals surface area contributed by atoms with Gasteiger partial charge in [-0.2, -0.15) is 5.10 Å². The van der Waals surface area contributed by atoms with Crippen LogP contribution in [-0.4, -0.2) is 21.5 Å². The summed E-state index contributed by atoms with van der Waals surface area (Å²) < 4.78 is 14.9.